The smallest absolute Gasteiger partial charge is 0.0642 e. The average molecular weight is 253 g/mol. The molecular weight excluding hydrogens is 232 g/mol. The van der Waals surface area contributed by atoms with E-state index in [1.165, 1.54) is 6.42 Å². The number of nitrogens with two attached hydrogens (primary N) is 1. The fraction of sp³-hybridized carbons (Fsp3) is 0.571. The van der Waals surface area contributed by atoms with Gasteiger partial charge in [0.25, 0.3) is 0 Å². The Bertz CT molecular complexity index is 403. The molecular formula is C14H21ClN2. The summed E-state index contributed by atoms with van der Waals surface area (Å²) in [5.74, 6) is 0.745. The van der Waals surface area contributed by atoms with E-state index in [1.807, 2.05) is 13.0 Å². The SMILES string of the molecule is CC1CC(C)N(c2ccc(C(C)N)cc2Cl)C1. The van der Waals surface area contributed by atoms with Crippen molar-refractivity contribution in [1.82, 2.24) is 0 Å². The van der Waals surface area contributed by atoms with Crippen molar-refractivity contribution >= 4 is 17.3 Å². The van der Waals surface area contributed by atoms with Crippen molar-refractivity contribution in [3.05, 3.63) is 28.8 Å². The fourth-order valence-electron chi connectivity index (χ4n) is 2.67. The molecule has 0 spiro atoms. The minimum absolute atomic E-state index is 0.0384. The maximum atomic E-state index is 6.37. The van der Waals surface area contributed by atoms with Crippen molar-refractivity contribution in [3.63, 3.8) is 0 Å². The molecule has 1 fully saturated rings. The monoisotopic (exact) mass is 252 g/mol. The van der Waals surface area contributed by atoms with Gasteiger partial charge in [-0.2, -0.15) is 0 Å². The van der Waals surface area contributed by atoms with Gasteiger partial charge in [0.1, 0.15) is 0 Å². The summed E-state index contributed by atoms with van der Waals surface area (Å²) >= 11 is 6.37. The first-order valence-corrected chi connectivity index (χ1v) is 6.68. The highest BCUT2D eigenvalue weighted by atomic mass is 35.5. The lowest BCUT2D eigenvalue weighted by Gasteiger charge is -2.25. The van der Waals surface area contributed by atoms with Crippen LogP contribution >= 0.6 is 11.6 Å². The summed E-state index contributed by atoms with van der Waals surface area (Å²) in [5.41, 5.74) is 8.11. The third kappa shape index (κ3) is 2.58. The van der Waals surface area contributed by atoms with Crippen molar-refractivity contribution in [1.29, 1.82) is 0 Å². The molecule has 17 heavy (non-hydrogen) atoms. The zero-order valence-corrected chi connectivity index (χ0v) is 11.5. The van der Waals surface area contributed by atoms with Crippen LogP contribution in [-0.2, 0) is 0 Å². The van der Waals surface area contributed by atoms with Crippen molar-refractivity contribution in [2.24, 2.45) is 11.7 Å². The summed E-state index contributed by atoms with van der Waals surface area (Å²) in [6.45, 7) is 7.63. The molecule has 0 bridgehead atoms. The first kappa shape index (κ1) is 12.7. The molecule has 2 nitrogen and oxygen atoms in total. The number of halogens is 1. The summed E-state index contributed by atoms with van der Waals surface area (Å²) in [4.78, 5) is 2.40. The number of hydrogen-bond donors (Lipinski definition) is 1. The molecule has 1 aromatic rings. The Kier molecular flexibility index (Phi) is 3.64. The van der Waals surface area contributed by atoms with Gasteiger partial charge in [0, 0.05) is 18.6 Å². The number of nitrogens with zero attached hydrogens (tertiary/aromatic N) is 1. The van der Waals surface area contributed by atoms with Gasteiger partial charge >= 0.3 is 0 Å². The minimum Gasteiger partial charge on any atom is -0.367 e. The van der Waals surface area contributed by atoms with Crippen LogP contribution in [0.2, 0.25) is 5.02 Å². The predicted octanol–water partition coefficient (Wildman–Crippen LogP) is 3.59. The van der Waals surface area contributed by atoms with Crippen LogP contribution in [0.1, 0.15) is 38.8 Å². The van der Waals surface area contributed by atoms with E-state index in [2.05, 4.69) is 30.9 Å². The molecule has 2 N–H and O–H groups in total. The van der Waals surface area contributed by atoms with Gasteiger partial charge in [-0.25, -0.2) is 0 Å². The van der Waals surface area contributed by atoms with E-state index in [4.69, 9.17) is 17.3 Å². The topological polar surface area (TPSA) is 29.3 Å². The fourth-order valence-corrected chi connectivity index (χ4v) is 2.97. The standard InChI is InChI=1S/C14H21ClN2/c1-9-6-10(2)17(8-9)14-5-4-12(11(3)16)7-13(14)15/h4-5,7,9-11H,6,8,16H2,1-3H3. The lowest BCUT2D eigenvalue weighted by atomic mass is 10.1. The highest BCUT2D eigenvalue weighted by molar-refractivity contribution is 6.33. The van der Waals surface area contributed by atoms with Gasteiger partial charge in [-0.15, -0.1) is 0 Å². The van der Waals surface area contributed by atoms with E-state index < -0.39 is 0 Å². The van der Waals surface area contributed by atoms with Crippen LogP contribution in [-0.4, -0.2) is 12.6 Å². The second-order valence-corrected chi connectivity index (χ2v) is 5.75. The molecule has 0 aromatic heterocycles. The second-order valence-electron chi connectivity index (χ2n) is 5.34. The van der Waals surface area contributed by atoms with E-state index in [9.17, 15) is 0 Å². The van der Waals surface area contributed by atoms with E-state index >= 15 is 0 Å². The number of hydrogen-bond acceptors (Lipinski definition) is 2. The molecule has 0 saturated carbocycles. The molecule has 1 saturated heterocycles. The van der Waals surface area contributed by atoms with Crippen LogP contribution < -0.4 is 10.6 Å². The first-order valence-electron chi connectivity index (χ1n) is 6.30. The van der Waals surface area contributed by atoms with Crippen LogP contribution in [0, 0.1) is 5.92 Å². The zero-order chi connectivity index (χ0) is 12.6. The predicted molar refractivity (Wildman–Crippen MR) is 74.6 cm³/mol. The van der Waals surface area contributed by atoms with Crippen LogP contribution in [0.3, 0.4) is 0 Å². The molecule has 3 heteroatoms. The number of rotatable bonds is 2. The van der Waals surface area contributed by atoms with Crippen molar-refractivity contribution in [3.8, 4) is 0 Å². The Morgan fingerprint density at radius 2 is 2.12 bits per heavy atom. The maximum absolute atomic E-state index is 6.37. The Morgan fingerprint density at radius 1 is 1.41 bits per heavy atom. The van der Waals surface area contributed by atoms with Crippen LogP contribution in [0.25, 0.3) is 0 Å². The average Bonchev–Trinajstić information content (AvgIpc) is 2.57. The second kappa shape index (κ2) is 4.87. The van der Waals surface area contributed by atoms with E-state index in [-0.39, 0.29) is 6.04 Å². The molecule has 3 unspecified atom stereocenters. The summed E-state index contributed by atoms with van der Waals surface area (Å²) < 4.78 is 0. The van der Waals surface area contributed by atoms with Gasteiger partial charge in [-0.05, 0) is 43.9 Å². The minimum atomic E-state index is 0.0384. The zero-order valence-electron chi connectivity index (χ0n) is 10.8. The molecule has 1 aliphatic heterocycles. The van der Waals surface area contributed by atoms with Gasteiger partial charge in [0.15, 0.2) is 0 Å². The Hall–Kier alpha value is -0.730. The van der Waals surface area contributed by atoms with E-state index in [0.29, 0.717) is 6.04 Å². The summed E-state index contributed by atoms with van der Waals surface area (Å²) in [7, 11) is 0. The molecule has 1 aromatic carbocycles. The van der Waals surface area contributed by atoms with E-state index in [0.717, 1.165) is 28.7 Å². The summed E-state index contributed by atoms with van der Waals surface area (Å²) in [6.07, 6.45) is 1.24. The highest BCUT2D eigenvalue weighted by Gasteiger charge is 2.27. The quantitative estimate of drug-likeness (QED) is 0.872. The third-order valence-electron chi connectivity index (χ3n) is 3.59. The summed E-state index contributed by atoms with van der Waals surface area (Å²) in [5, 5.41) is 0.820. The van der Waals surface area contributed by atoms with Crippen molar-refractivity contribution < 1.29 is 0 Å². The summed E-state index contributed by atoms with van der Waals surface area (Å²) in [6, 6.07) is 6.80. The molecule has 3 atom stereocenters. The van der Waals surface area contributed by atoms with Gasteiger partial charge in [0.2, 0.25) is 0 Å². The number of benzene rings is 1. The van der Waals surface area contributed by atoms with Crippen molar-refractivity contribution in [2.45, 2.75) is 39.3 Å². The van der Waals surface area contributed by atoms with E-state index in [1.54, 1.807) is 0 Å². The van der Waals surface area contributed by atoms with Gasteiger partial charge in [-0.3, -0.25) is 0 Å². The van der Waals surface area contributed by atoms with Gasteiger partial charge in [-0.1, -0.05) is 24.6 Å². The molecule has 1 heterocycles. The Labute approximate surface area is 109 Å². The number of anilines is 1. The largest absolute Gasteiger partial charge is 0.367 e. The van der Waals surface area contributed by atoms with Crippen LogP contribution in [0.5, 0.6) is 0 Å². The molecule has 0 radical (unpaired) electrons. The first-order chi connectivity index (χ1) is 7.99. The molecule has 1 aliphatic rings. The normalized spacial score (nSPS) is 26.3. The third-order valence-corrected chi connectivity index (χ3v) is 3.89. The lowest BCUT2D eigenvalue weighted by molar-refractivity contribution is 0.625. The van der Waals surface area contributed by atoms with Crippen molar-refractivity contribution in [2.75, 3.05) is 11.4 Å². The Balaban J connectivity index is 2.28. The highest BCUT2D eigenvalue weighted by Crippen LogP contribution is 2.34. The molecule has 2 rings (SSSR count). The Morgan fingerprint density at radius 3 is 2.59 bits per heavy atom. The molecule has 94 valence electrons. The van der Waals surface area contributed by atoms with Crippen LogP contribution in [0.15, 0.2) is 18.2 Å². The van der Waals surface area contributed by atoms with Gasteiger partial charge in [0.05, 0.1) is 10.7 Å². The van der Waals surface area contributed by atoms with Crippen LogP contribution in [0.4, 0.5) is 5.69 Å². The molecule has 0 aliphatic carbocycles. The lowest BCUT2D eigenvalue weighted by Crippen LogP contribution is -2.27. The molecule has 0 amide bonds. The maximum Gasteiger partial charge on any atom is 0.0642 e. The van der Waals surface area contributed by atoms with Gasteiger partial charge < -0.3 is 10.6 Å².